The summed E-state index contributed by atoms with van der Waals surface area (Å²) in [6.07, 6.45) is 3.15. The Morgan fingerprint density at radius 3 is 2.39 bits per heavy atom. The second-order valence-electron chi connectivity index (χ2n) is 7.46. The molecular weight excluding hydrogens is 419 g/mol. The lowest BCUT2D eigenvalue weighted by atomic mass is 10.1. The molecule has 1 heterocycles. The molecule has 3 aromatic carbocycles. The highest BCUT2D eigenvalue weighted by Gasteiger charge is 2.16. The first-order valence-electron chi connectivity index (χ1n) is 10.4. The second-order valence-corrected chi connectivity index (χ2v) is 7.46. The largest absolute Gasteiger partial charge is 0.497 e. The molecule has 0 aliphatic rings. The molecule has 1 aromatic heterocycles. The molecule has 0 aliphatic heterocycles. The van der Waals surface area contributed by atoms with Gasteiger partial charge in [-0.25, -0.2) is 4.39 Å². The average molecular weight is 442 g/mol. The normalized spacial score (nSPS) is 11.0. The van der Waals surface area contributed by atoms with Crippen molar-refractivity contribution in [2.45, 2.75) is 13.5 Å². The number of aryl methyl sites for hydroxylation is 1. The van der Waals surface area contributed by atoms with Gasteiger partial charge in [0.15, 0.2) is 5.82 Å². The molecule has 166 valence electrons. The highest BCUT2D eigenvalue weighted by atomic mass is 19.1. The molecule has 0 atom stereocenters. The van der Waals surface area contributed by atoms with Crippen molar-refractivity contribution in [2.24, 2.45) is 0 Å². The Bertz CT molecular complexity index is 1260. The van der Waals surface area contributed by atoms with Crippen molar-refractivity contribution in [1.29, 1.82) is 0 Å². The number of rotatable bonds is 7. The van der Waals surface area contributed by atoms with Crippen LogP contribution in [0.5, 0.6) is 5.75 Å². The van der Waals surface area contributed by atoms with E-state index in [1.807, 2.05) is 55.5 Å². The third-order valence-electron chi connectivity index (χ3n) is 5.02. The summed E-state index contributed by atoms with van der Waals surface area (Å²) in [6.45, 7) is 2.36. The van der Waals surface area contributed by atoms with Gasteiger partial charge in [-0.05, 0) is 48.4 Å². The fourth-order valence-electron chi connectivity index (χ4n) is 3.14. The zero-order valence-corrected chi connectivity index (χ0v) is 18.3. The van der Waals surface area contributed by atoms with Gasteiger partial charge in [-0.1, -0.05) is 54.1 Å². The summed E-state index contributed by atoms with van der Waals surface area (Å²) in [7, 11) is 1.60. The van der Waals surface area contributed by atoms with Crippen LogP contribution in [0.4, 0.5) is 10.3 Å². The summed E-state index contributed by atoms with van der Waals surface area (Å²) in [5.41, 5.74) is 3.62. The van der Waals surface area contributed by atoms with Crippen molar-refractivity contribution in [1.82, 2.24) is 14.8 Å². The van der Waals surface area contributed by atoms with Gasteiger partial charge in [-0.15, -0.1) is 5.10 Å². The Morgan fingerprint density at radius 2 is 1.73 bits per heavy atom. The Labute approximate surface area is 191 Å². The second kappa shape index (κ2) is 9.91. The maximum atomic E-state index is 13.2. The Balaban J connectivity index is 1.60. The number of anilines is 1. The molecule has 33 heavy (non-hydrogen) atoms. The van der Waals surface area contributed by atoms with E-state index in [-0.39, 0.29) is 11.7 Å². The minimum absolute atomic E-state index is 0.303. The fourth-order valence-corrected chi connectivity index (χ4v) is 3.14. The zero-order valence-electron chi connectivity index (χ0n) is 18.3. The number of hydrogen-bond acceptors (Lipinski definition) is 5. The van der Waals surface area contributed by atoms with Crippen LogP contribution in [0.25, 0.3) is 17.5 Å². The van der Waals surface area contributed by atoms with E-state index in [2.05, 4.69) is 15.4 Å². The predicted molar refractivity (Wildman–Crippen MR) is 127 cm³/mol. The van der Waals surface area contributed by atoms with Gasteiger partial charge >= 0.3 is 0 Å². The fraction of sp³-hybridized carbons (Fsp3) is 0.115. The summed E-state index contributed by atoms with van der Waals surface area (Å²) < 4.78 is 19.6. The third-order valence-corrected chi connectivity index (χ3v) is 5.02. The molecule has 0 saturated carbocycles. The summed E-state index contributed by atoms with van der Waals surface area (Å²) in [4.78, 5) is 17.5. The number of carbonyl (C=O) groups is 1. The number of nitrogens with one attached hydrogen (secondary N) is 1. The van der Waals surface area contributed by atoms with E-state index >= 15 is 0 Å². The SMILES string of the molecule is COc1ccc(C=CC(=O)n2nc(-c3ccc(C)cc3)nc2NCc2ccc(F)cc2)cc1. The molecule has 0 radical (unpaired) electrons. The molecule has 0 aliphatic carbocycles. The van der Waals surface area contributed by atoms with Crippen LogP contribution in [0.1, 0.15) is 21.5 Å². The van der Waals surface area contributed by atoms with Crippen molar-refractivity contribution in [3.8, 4) is 17.1 Å². The summed E-state index contributed by atoms with van der Waals surface area (Å²) in [5, 5.41) is 7.58. The zero-order chi connectivity index (χ0) is 23.2. The van der Waals surface area contributed by atoms with Gasteiger partial charge in [0.05, 0.1) is 7.11 Å². The van der Waals surface area contributed by atoms with Crippen molar-refractivity contribution < 1.29 is 13.9 Å². The first-order valence-corrected chi connectivity index (χ1v) is 10.4. The summed E-state index contributed by atoms with van der Waals surface area (Å²) >= 11 is 0. The van der Waals surface area contributed by atoms with Crippen molar-refractivity contribution in [2.75, 3.05) is 12.4 Å². The number of methoxy groups -OCH3 is 1. The highest BCUT2D eigenvalue weighted by Crippen LogP contribution is 2.20. The standard InChI is InChI=1S/C26H23FN4O2/c1-18-3-10-21(11-4-18)25-29-26(28-17-20-5-12-22(27)13-6-20)31(30-25)24(32)16-9-19-7-14-23(33-2)15-8-19/h3-16H,17H2,1-2H3,(H,28,29,30). The van der Waals surface area contributed by atoms with Crippen LogP contribution in [0.15, 0.2) is 78.9 Å². The topological polar surface area (TPSA) is 69.0 Å². The average Bonchev–Trinajstić information content (AvgIpc) is 3.27. The van der Waals surface area contributed by atoms with Crippen LogP contribution < -0.4 is 10.1 Å². The van der Waals surface area contributed by atoms with Gasteiger partial charge in [-0.3, -0.25) is 4.79 Å². The quantitative estimate of drug-likeness (QED) is 0.390. The molecule has 0 bridgehead atoms. The van der Waals surface area contributed by atoms with E-state index in [0.717, 1.165) is 28.0 Å². The summed E-state index contributed by atoms with van der Waals surface area (Å²) in [6, 6.07) is 21.3. The van der Waals surface area contributed by atoms with Crippen LogP contribution in [0, 0.1) is 12.7 Å². The van der Waals surface area contributed by atoms with Gasteiger partial charge < -0.3 is 10.1 Å². The maximum absolute atomic E-state index is 13.2. The van der Waals surface area contributed by atoms with E-state index in [1.165, 1.54) is 22.9 Å². The molecule has 0 spiro atoms. The van der Waals surface area contributed by atoms with Crippen molar-refractivity contribution in [3.63, 3.8) is 0 Å². The Morgan fingerprint density at radius 1 is 1.03 bits per heavy atom. The number of carbonyl (C=O) groups excluding carboxylic acids is 1. The van der Waals surface area contributed by atoms with Gasteiger partial charge in [0, 0.05) is 18.2 Å². The molecule has 1 N–H and O–H groups in total. The number of hydrogen-bond donors (Lipinski definition) is 1. The van der Waals surface area contributed by atoms with Crippen molar-refractivity contribution >= 4 is 17.9 Å². The lowest BCUT2D eigenvalue weighted by Crippen LogP contribution is -2.14. The number of halogens is 1. The lowest BCUT2D eigenvalue weighted by Gasteiger charge is -2.06. The van der Waals surface area contributed by atoms with E-state index in [9.17, 15) is 9.18 Å². The lowest BCUT2D eigenvalue weighted by molar-refractivity contribution is 0.0957. The number of ether oxygens (including phenoxy) is 1. The van der Waals surface area contributed by atoms with E-state index in [1.54, 1.807) is 25.3 Å². The monoisotopic (exact) mass is 442 g/mol. The first-order chi connectivity index (χ1) is 16.0. The number of benzene rings is 3. The molecule has 0 saturated heterocycles. The minimum atomic E-state index is -0.349. The smallest absolute Gasteiger partial charge is 0.274 e. The molecule has 6 nitrogen and oxygen atoms in total. The van der Waals surface area contributed by atoms with Gasteiger partial charge in [-0.2, -0.15) is 9.67 Å². The molecule has 4 aromatic rings. The Kier molecular flexibility index (Phi) is 6.59. The molecule has 0 amide bonds. The van der Waals surface area contributed by atoms with Gasteiger partial charge in [0.1, 0.15) is 11.6 Å². The molecule has 4 rings (SSSR count). The minimum Gasteiger partial charge on any atom is -0.497 e. The molecule has 0 unspecified atom stereocenters. The van der Waals surface area contributed by atoms with Crippen LogP contribution >= 0.6 is 0 Å². The Hall–Kier alpha value is -4.26. The highest BCUT2D eigenvalue weighted by molar-refractivity contribution is 5.95. The first kappa shape index (κ1) is 22.0. The molecule has 0 fully saturated rings. The van der Waals surface area contributed by atoms with Crippen LogP contribution in [0.3, 0.4) is 0 Å². The van der Waals surface area contributed by atoms with Crippen LogP contribution in [0.2, 0.25) is 0 Å². The number of nitrogens with zero attached hydrogens (tertiary/aromatic N) is 3. The summed E-state index contributed by atoms with van der Waals surface area (Å²) in [5.74, 6) is 0.826. The number of aromatic nitrogens is 3. The number of allylic oxidation sites excluding steroid dienone is 1. The van der Waals surface area contributed by atoms with E-state index in [0.29, 0.717) is 18.3 Å². The van der Waals surface area contributed by atoms with Crippen molar-refractivity contribution in [3.05, 3.63) is 101 Å². The van der Waals surface area contributed by atoms with Crippen LogP contribution in [-0.2, 0) is 6.54 Å². The van der Waals surface area contributed by atoms with Gasteiger partial charge in [0.25, 0.3) is 5.91 Å². The third kappa shape index (κ3) is 5.51. The maximum Gasteiger partial charge on any atom is 0.274 e. The molecular formula is C26H23FN4O2. The van der Waals surface area contributed by atoms with E-state index < -0.39 is 0 Å². The van der Waals surface area contributed by atoms with Gasteiger partial charge in [0.2, 0.25) is 5.95 Å². The van der Waals surface area contributed by atoms with Crippen LogP contribution in [-0.4, -0.2) is 27.8 Å². The molecule has 7 heteroatoms. The predicted octanol–water partition coefficient (Wildman–Crippen LogP) is 5.37. The van der Waals surface area contributed by atoms with E-state index in [4.69, 9.17) is 4.74 Å².